The van der Waals surface area contributed by atoms with Crippen LogP contribution in [0.1, 0.15) is 41.6 Å². The van der Waals surface area contributed by atoms with Gasteiger partial charge in [0.15, 0.2) is 6.04 Å². The molecular formula is C25H24N4O5. The number of hydrogen-bond acceptors (Lipinski definition) is 5. The summed E-state index contributed by atoms with van der Waals surface area (Å²) in [6.45, 7) is 0.129. The summed E-state index contributed by atoms with van der Waals surface area (Å²) in [5.74, 6) is -1.87. The second kappa shape index (κ2) is 8.33. The lowest BCUT2D eigenvalue weighted by Crippen LogP contribution is -2.51. The Labute approximate surface area is 195 Å². The summed E-state index contributed by atoms with van der Waals surface area (Å²) in [4.78, 5) is 37.3. The van der Waals surface area contributed by atoms with Gasteiger partial charge in [0, 0.05) is 19.2 Å². The quantitative estimate of drug-likeness (QED) is 0.498. The van der Waals surface area contributed by atoms with Crippen molar-refractivity contribution in [1.82, 2.24) is 20.4 Å². The van der Waals surface area contributed by atoms with Gasteiger partial charge in [-0.25, -0.2) is 9.59 Å². The zero-order valence-corrected chi connectivity index (χ0v) is 18.5. The first-order valence-electron chi connectivity index (χ1n) is 11.0. The van der Waals surface area contributed by atoms with Gasteiger partial charge >= 0.3 is 12.1 Å². The Morgan fingerprint density at radius 2 is 1.71 bits per heavy atom. The summed E-state index contributed by atoms with van der Waals surface area (Å²) >= 11 is 0. The van der Waals surface area contributed by atoms with Crippen LogP contribution in [-0.2, 0) is 21.4 Å². The maximum Gasteiger partial charge on any atom is 0.408 e. The highest BCUT2D eigenvalue weighted by molar-refractivity contribution is 5.95. The molecule has 1 saturated carbocycles. The number of carbonyl (C=O) groups excluding carboxylic acids is 2. The third-order valence-corrected chi connectivity index (χ3v) is 6.55. The summed E-state index contributed by atoms with van der Waals surface area (Å²) in [7, 11) is 1.60. The number of nitrogens with one attached hydrogen (secondary N) is 2. The molecule has 5 rings (SSSR count). The zero-order chi connectivity index (χ0) is 23.9. The molecule has 2 amide bonds. The Hall–Kier alpha value is -4.14. The van der Waals surface area contributed by atoms with E-state index >= 15 is 0 Å². The van der Waals surface area contributed by atoms with Crippen LogP contribution in [0.2, 0.25) is 0 Å². The van der Waals surface area contributed by atoms with Gasteiger partial charge < -0.3 is 20.5 Å². The number of aromatic nitrogens is 2. The van der Waals surface area contributed by atoms with Crippen molar-refractivity contribution in [3.63, 3.8) is 0 Å². The molecule has 2 aliphatic rings. The van der Waals surface area contributed by atoms with E-state index in [1.165, 1.54) is 16.9 Å². The molecule has 3 N–H and O–H groups in total. The van der Waals surface area contributed by atoms with Crippen molar-refractivity contribution in [2.75, 3.05) is 6.61 Å². The molecule has 0 radical (unpaired) electrons. The van der Waals surface area contributed by atoms with E-state index in [0.717, 1.165) is 22.3 Å². The van der Waals surface area contributed by atoms with Crippen LogP contribution in [0, 0.1) is 0 Å². The number of benzene rings is 2. The largest absolute Gasteiger partial charge is 0.479 e. The Balaban J connectivity index is 1.24. The number of nitrogens with zero attached hydrogens (tertiary/aromatic N) is 2. The number of aliphatic carboxylic acids is 1. The number of ether oxygens (including phenoxy) is 1. The lowest BCUT2D eigenvalue weighted by molar-refractivity contribution is -0.142. The van der Waals surface area contributed by atoms with Crippen LogP contribution in [-0.4, -0.2) is 45.0 Å². The second-order valence-corrected chi connectivity index (χ2v) is 8.66. The predicted molar refractivity (Wildman–Crippen MR) is 122 cm³/mol. The molecular weight excluding hydrogens is 436 g/mol. The first-order chi connectivity index (χ1) is 16.4. The van der Waals surface area contributed by atoms with Crippen molar-refractivity contribution >= 4 is 18.0 Å². The number of fused-ring (bicyclic) bond motifs is 3. The number of hydrogen-bond donors (Lipinski definition) is 3. The predicted octanol–water partition coefficient (Wildman–Crippen LogP) is 2.73. The van der Waals surface area contributed by atoms with E-state index in [2.05, 4.69) is 27.9 Å². The minimum Gasteiger partial charge on any atom is -0.479 e. The summed E-state index contributed by atoms with van der Waals surface area (Å²) in [5, 5.41) is 18.7. The number of rotatable bonds is 7. The van der Waals surface area contributed by atoms with Gasteiger partial charge in [-0.2, -0.15) is 5.10 Å². The van der Waals surface area contributed by atoms with Crippen LogP contribution < -0.4 is 10.6 Å². The molecule has 0 saturated heterocycles. The van der Waals surface area contributed by atoms with Crippen molar-refractivity contribution in [3.8, 4) is 11.1 Å². The Morgan fingerprint density at radius 3 is 2.24 bits per heavy atom. The van der Waals surface area contributed by atoms with Crippen LogP contribution in [0.25, 0.3) is 11.1 Å². The minimum atomic E-state index is -1.28. The molecule has 2 aliphatic carbocycles. The number of alkyl carbamates (subject to hydrolysis) is 1. The molecule has 0 aliphatic heterocycles. The van der Waals surface area contributed by atoms with Gasteiger partial charge in [-0.15, -0.1) is 0 Å². The van der Waals surface area contributed by atoms with E-state index in [0.29, 0.717) is 18.5 Å². The van der Waals surface area contributed by atoms with Crippen molar-refractivity contribution < 1.29 is 24.2 Å². The number of carbonyl (C=O) groups is 3. The molecule has 0 bridgehead atoms. The summed E-state index contributed by atoms with van der Waals surface area (Å²) in [6.07, 6.45) is 1.56. The monoisotopic (exact) mass is 460 g/mol. The molecule has 34 heavy (non-hydrogen) atoms. The topological polar surface area (TPSA) is 123 Å². The van der Waals surface area contributed by atoms with Gasteiger partial charge in [-0.05, 0) is 41.2 Å². The zero-order valence-electron chi connectivity index (χ0n) is 18.5. The highest BCUT2D eigenvalue weighted by atomic mass is 16.5. The lowest BCUT2D eigenvalue weighted by Gasteiger charge is -2.21. The highest BCUT2D eigenvalue weighted by Crippen LogP contribution is 2.44. The van der Waals surface area contributed by atoms with Gasteiger partial charge in [-0.1, -0.05) is 48.5 Å². The van der Waals surface area contributed by atoms with E-state index in [1.807, 2.05) is 36.4 Å². The molecule has 1 heterocycles. The SMILES string of the molecule is Cn1nccc1C(NC(=O)C1(NC(=O)OCC2c3ccccc3-c3ccccc32)CC1)C(=O)O. The van der Waals surface area contributed by atoms with Crippen molar-refractivity contribution in [2.24, 2.45) is 7.05 Å². The second-order valence-electron chi connectivity index (χ2n) is 8.66. The van der Waals surface area contributed by atoms with Crippen molar-refractivity contribution in [2.45, 2.75) is 30.3 Å². The third kappa shape index (κ3) is 3.79. The van der Waals surface area contributed by atoms with Crippen LogP contribution in [0.3, 0.4) is 0 Å². The van der Waals surface area contributed by atoms with Gasteiger partial charge in [0.2, 0.25) is 5.91 Å². The molecule has 1 atom stereocenters. The van der Waals surface area contributed by atoms with Crippen LogP contribution in [0.5, 0.6) is 0 Å². The number of carboxylic acids is 1. The van der Waals surface area contributed by atoms with E-state index < -0.39 is 29.6 Å². The Morgan fingerprint density at radius 1 is 1.09 bits per heavy atom. The molecule has 1 unspecified atom stereocenters. The van der Waals surface area contributed by atoms with Gasteiger partial charge in [0.05, 0.1) is 5.69 Å². The van der Waals surface area contributed by atoms with Gasteiger partial charge in [0.25, 0.3) is 0 Å². The van der Waals surface area contributed by atoms with E-state index in [4.69, 9.17) is 4.74 Å². The number of carboxylic acid groups (broad SMARTS) is 1. The summed E-state index contributed by atoms with van der Waals surface area (Å²) in [5.41, 5.74) is 3.60. The fourth-order valence-electron chi connectivity index (χ4n) is 4.56. The Kier molecular flexibility index (Phi) is 5.31. The Bertz CT molecular complexity index is 1230. The third-order valence-electron chi connectivity index (χ3n) is 6.55. The van der Waals surface area contributed by atoms with E-state index in [1.54, 1.807) is 7.05 Å². The molecule has 9 heteroatoms. The molecule has 1 aromatic heterocycles. The average molecular weight is 460 g/mol. The maximum atomic E-state index is 12.9. The molecule has 2 aromatic carbocycles. The first-order valence-corrected chi connectivity index (χ1v) is 11.0. The fourth-order valence-corrected chi connectivity index (χ4v) is 4.56. The first kappa shape index (κ1) is 21.7. The van der Waals surface area contributed by atoms with Crippen LogP contribution in [0.15, 0.2) is 60.8 Å². The van der Waals surface area contributed by atoms with Crippen LogP contribution >= 0.6 is 0 Å². The molecule has 174 valence electrons. The molecule has 3 aromatic rings. The molecule has 1 fully saturated rings. The fraction of sp³-hybridized carbons (Fsp3) is 0.280. The summed E-state index contributed by atoms with van der Waals surface area (Å²) in [6, 6.07) is 16.3. The normalized spacial score (nSPS) is 16.1. The number of aryl methyl sites for hydroxylation is 1. The standard InChI is InChI=1S/C25H24N4O5/c1-29-20(10-13-26-29)21(22(30)31)27-23(32)25(11-12-25)28-24(33)34-14-19-17-8-4-2-6-15(17)16-7-3-5-9-18(16)19/h2-10,13,19,21H,11-12,14H2,1H3,(H,27,32)(H,28,33)(H,30,31). The lowest BCUT2D eigenvalue weighted by atomic mass is 9.98. The number of amides is 2. The van der Waals surface area contributed by atoms with Crippen LogP contribution in [0.4, 0.5) is 4.79 Å². The molecule has 0 spiro atoms. The molecule has 9 nitrogen and oxygen atoms in total. The average Bonchev–Trinajstić information content (AvgIpc) is 3.37. The van der Waals surface area contributed by atoms with E-state index in [9.17, 15) is 19.5 Å². The van der Waals surface area contributed by atoms with E-state index in [-0.39, 0.29) is 12.5 Å². The van der Waals surface area contributed by atoms with Gasteiger partial charge in [-0.3, -0.25) is 9.48 Å². The minimum absolute atomic E-state index is 0.0941. The smallest absolute Gasteiger partial charge is 0.408 e. The summed E-state index contributed by atoms with van der Waals surface area (Å²) < 4.78 is 6.94. The highest BCUT2D eigenvalue weighted by Gasteiger charge is 2.52. The van der Waals surface area contributed by atoms with Gasteiger partial charge in [0.1, 0.15) is 12.1 Å². The van der Waals surface area contributed by atoms with Crippen molar-refractivity contribution in [3.05, 3.63) is 77.6 Å². The van der Waals surface area contributed by atoms with Crippen molar-refractivity contribution in [1.29, 1.82) is 0 Å². The maximum absolute atomic E-state index is 12.9.